The van der Waals surface area contributed by atoms with Crippen molar-refractivity contribution in [2.45, 2.75) is 19.8 Å². The predicted molar refractivity (Wildman–Crippen MR) is 74.7 cm³/mol. The molecule has 1 saturated heterocycles. The molecule has 3 heteroatoms. The smallest absolute Gasteiger partial charge is 0.0553 e. The fraction of sp³-hybridized carbons (Fsp3) is 0.500. The van der Waals surface area contributed by atoms with Gasteiger partial charge >= 0.3 is 0 Å². The zero-order chi connectivity index (χ0) is 12.7. The van der Waals surface area contributed by atoms with Crippen molar-refractivity contribution in [3.05, 3.63) is 37.2 Å². The molecule has 0 unspecified atom stereocenters. The van der Waals surface area contributed by atoms with Gasteiger partial charge in [0.15, 0.2) is 0 Å². The van der Waals surface area contributed by atoms with Crippen LogP contribution in [0.1, 0.15) is 25.5 Å². The summed E-state index contributed by atoms with van der Waals surface area (Å²) >= 11 is 0. The molecule has 0 bridgehead atoms. The Morgan fingerprint density at radius 1 is 1.24 bits per heavy atom. The van der Waals surface area contributed by atoms with E-state index < -0.39 is 0 Å². The lowest BCUT2D eigenvalue weighted by atomic mass is 10.1. The molecule has 1 aromatic rings. The fourth-order valence-electron chi connectivity index (χ4n) is 1.85. The number of rotatable bonds is 2. The predicted octanol–water partition coefficient (Wildman–Crippen LogP) is 2.42. The van der Waals surface area contributed by atoms with Crippen molar-refractivity contribution in [2.75, 3.05) is 31.1 Å². The van der Waals surface area contributed by atoms with Gasteiger partial charge in [-0.25, -0.2) is 0 Å². The molecular weight excluding hydrogens is 210 g/mol. The number of piperazine rings is 1. The molecule has 0 amide bonds. The molecule has 17 heavy (non-hydrogen) atoms. The van der Waals surface area contributed by atoms with Crippen molar-refractivity contribution in [3.63, 3.8) is 0 Å². The highest BCUT2D eigenvalue weighted by atomic mass is 15.2. The lowest BCUT2D eigenvalue weighted by molar-refractivity contribution is 0.588. The van der Waals surface area contributed by atoms with Crippen LogP contribution in [0.15, 0.2) is 31.5 Å². The zero-order valence-corrected chi connectivity index (χ0v) is 10.9. The number of nitrogens with zero attached hydrogens (tertiary/aromatic N) is 2. The van der Waals surface area contributed by atoms with E-state index in [0.717, 1.165) is 26.2 Å². The van der Waals surface area contributed by atoms with Crippen LogP contribution in [0.3, 0.4) is 0 Å². The van der Waals surface area contributed by atoms with E-state index in [2.05, 4.69) is 54.3 Å². The maximum atomic E-state index is 4.49. The van der Waals surface area contributed by atoms with Gasteiger partial charge in [0, 0.05) is 31.9 Å². The zero-order valence-electron chi connectivity index (χ0n) is 10.9. The molecule has 0 spiro atoms. The van der Waals surface area contributed by atoms with Crippen molar-refractivity contribution < 1.29 is 0 Å². The third-order valence-corrected chi connectivity index (χ3v) is 2.84. The number of pyridine rings is 1. The first kappa shape index (κ1) is 13.7. The molecule has 1 aromatic heterocycles. The SMILES string of the molecule is C=C.CC(C)c1ccc(N2CCNCC2)cn1. The second kappa shape index (κ2) is 7.07. The van der Waals surface area contributed by atoms with E-state index in [1.54, 1.807) is 0 Å². The number of hydrogen-bond acceptors (Lipinski definition) is 3. The van der Waals surface area contributed by atoms with Gasteiger partial charge in [-0.3, -0.25) is 4.98 Å². The first-order valence-corrected chi connectivity index (χ1v) is 6.19. The Hall–Kier alpha value is -1.35. The van der Waals surface area contributed by atoms with Gasteiger partial charge in [-0.15, -0.1) is 13.2 Å². The first-order chi connectivity index (χ1) is 8.27. The maximum Gasteiger partial charge on any atom is 0.0553 e. The van der Waals surface area contributed by atoms with Crippen LogP contribution >= 0.6 is 0 Å². The van der Waals surface area contributed by atoms with Crippen LogP contribution in [0.5, 0.6) is 0 Å². The van der Waals surface area contributed by atoms with Crippen molar-refractivity contribution in [1.29, 1.82) is 0 Å². The summed E-state index contributed by atoms with van der Waals surface area (Å²) < 4.78 is 0. The minimum Gasteiger partial charge on any atom is -0.368 e. The Kier molecular flexibility index (Phi) is 5.70. The Morgan fingerprint density at radius 3 is 2.35 bits per heavy atom. The summed E-state index contributed by atoms with van der Waals surface area (Å²) in [5.41, 5.74) is 2.43. The number of anilines is 1. The molecule has 1 aliphatic heterocycles. The van der Waals surface area contributed by atoms with Gasteiger partial charge in [0.1, 0.15) is 0 Å². The Balaban J connectivity index is 0.000000686. The van der Waals surface area contributed by atoms with Crippen molar-refractivity contribution in [2.24, 2.45) is 0 Å². The highest BCUT2D eigenvalue weighted by Crippen LogP contribution is 2.17. The molecule has 0 saturated carbocycles. The first-order valence-electron chi connectivity index (χ1n) is 6.19. The van der Waals surface area contributed by atoms with Gasteiger partial charge in [-0.1, -0.05) is 13.8 Å². The molecule has 1 aliphatic rings. The largest absolute Gasteiger partial charge is 0.368 e. The third kappa shape index (κ3) is 3.86. The van der Waals surface area contributed by atoms with E-state index >= 15 is 0 Å². The van der Waals surface area contributed by atoms with Crippen molar-refractivity contribution >= 4 is 5.69 Å². The average molecular weight is 233 g/mol. The van der Waals surface area contributed by atoms with E-state index in [1.807, 2.05) is 6.20 Å². The van der Waals surface area contributed by atoms with Gasteiger partial charge in [-0.2, -0.15) is 0 Å². The normalized spacial score (nSPS) is 15.4. The van der Waals surface area contributed by atoms with Crippen LogP contribution < -0.4 is 10.2 Å². The summed E-state index contributed by atoms with van der Waals surface area (Å²) in [5.74, 6) is 0.516. The number of aromatic nitrogens is 1. The van der Waals surface area contributed by atoms with Gasteiger partial charge in [-0.05, 0) is 18.1 Å². The Labute approximate surface area is 105 Å². The molecule has 1 N–H and O–H groups in total. The van der Waals surface area contributed by atoms with E-state index in [-0.39, 0.29) is 0 Å². The van der Waals surface area contributed by atoms with Gasteiger partial charge in [0.25, 0.3) is 0 Å². The number of hydrogen-bond donors (Lipinski definition) is 1. The molecule has 0 aromatic carbocycles. The molecule has 2 heterocycles. The van der Waals surface area contributed by atoms with Crippen molar-refractivity contribution in [1.82, 2.24) is 10.3 Å². The summed E-state index contributed by atoms with van der Waals surface area (Å²) in [6.07, 6.45) is 2.00. The second-order valence-corrected chi connectivity index (χ2v) is 4.33. The molecule has 0 aliphatic carbocycles. The van der Waals surface area contributed by atoms with E-state index in [0.29, 0.717) is 5.92 Å². The molecule has 0 radical (unpaired) electrons. The summed E-state index contributed by atoms with van der Waals surface area (Å²) in [6.45, 7) is 14.7. The van der Waals surface area contributed by atoms with E-state index in [4.69, 9.17) is 0 Å². The van der Waals surface area contributed by atoms with Gasteiger partial charge in [0.2, 0.25) is 0 Å². The second-order valence-electron chi connectivity index (χ2n) is 4.33. The highest BCUT2D eigenvalue weighted by molar-refractivity contribution is 5.45. The highest BCUT2D eigenvalue weighted by Gasteiger charge is 2.10. The van der Waals surface area contributed by atoms with E-state index in [9.17, 15) is 0 Å². The molecule has 3 nitrogen and oxygen atoms in total. The topological polar surface area (TPSA) is 28.2 Å². The van der Waals surface area contributed by atoms with Gasteiger partial charge in [0.05, 0.1) is 11.9 Å². The van der Waals surface area contributed by atoms with Crippen LogP contribution in [-0.2, 0) is 0 Å². The third-order valence-electron chi connectivity index (χ3n) is 2.84. The molecule has 0 atom stereocenters. The Morgan fingerprint density at radius 2 is 1.88 bits per heavy atom. The van der Waals surface area contributed by atoms with Crippen molar-refractivity contribution in [3.8, 4) is 0 Å². The minimum absolute atomic E-state index is 0.516. The van der Waals surface area contributed by atoms with E-state index in [1.165, 1.54) is 11.4 Å². The minimum atomic E-state index is 0.516. The fourth-order valence-corrected chi connectivity index (χ4v) is 1.85. The van der Waals surface area contributed by atoms with Crippen LogP contribution in [0.2, 0.25) is 0 Å². The lowest BCUT2D eigenvalue weighted by Gasteiger charge is -2.29. The quantitative estimate of drug-likeness (QED) is 0.795. The number of nitrogens with one attached hydrogen (secondary N) is 1. The van der Waals surface area contributed by atoms with Crippen LogP contribution in [0, 0.1) is 0 Å². The summed E-state index contributed by atoms with van der Waals surface area (Å²) in [6, 6.07) is 4.33. The van der Waals surface area contributed by atoms with Crippen LogP contribution in [0.4, 0.5) is 5.69 Å². The van der Waals surface area contributed by atoms with Crippen LogP contribution in [0.25, 0.3) is 0 Å². The standard InChI is InChI=1S/C12H19N3.C2H4/c1-10(2)12-4-3-11(9-14-12)15-7-5-13-6-8-15;1-2/h3-4,9-10,13H,5-8H2,1-2H3;1-2H2. The lowest BCUT2D eigenvalue weighted by Crippen LogP contribution is -2.43. The summed E-state index contributed by atoms with van der Waals surface area (Å²) in [5, 5.41) is 3.35. The summed E-state index contributed by atoms with van der Waals surface area (Å²) in [7, 11) is 0. The monoisotopic (exact) mass is 233 g/mol. The van der Waals surface area contributed by atoms with Crippen LogP contribution in [-0.4, -0.2) is 31.2 Å². The Bertz CT molecular complexity index is 313. The molecule has 2 rings (SSSR count). The summed E-state index contributed by atoms with van der Waals surface area (Å²) in [4.78, 5) is 6.87. The molecule has 1 fully saturated rings. The average Bonchev–Trinajstić information content (AvgIpc) is 2.42. The maximum absolute atomic E-state index is 4.49. The molecule has 94 valence electrons. The molecular formula is C14H23N3. The van der Waals surface area contributed by atoms with Gasteiger partial charge < -0.3 is 10.2 Å².